The summed E-state index contributed by atoms with van der Waals surface area (Å²) in [6.45, 7) is 16.5. The minimum absolute atomic E-state index is 0.324. The molecule has 1 rings (SSSR count). The lowest BCUT2D eigenvalue weighted by Crippen LogP contribution is -2.29. The molecule has 0 spiro atoms. The molecule has 0 aliphatic carbocycles. The Kier molecular flexibility index (Phi) is 7.32. The summed E-state index contributed by atoms with van der Waals surface area (Å²) in [6.07, 6.45) is 3.87. The Balaban J connectivity index is 2.66. The Morgan fingerprint density at radius 2 is 1.52 bits per heavy atom. The first-order chi connectivity index (χ1) is 10.5. The number of rotatable bonds is 8. The van der Waals surface area contributed by atoms with Gasteiger partial charge in [0.1, 0.15) is 0 Å². The molecule has 0 fully saturated rings. The van der Waals surface area contributed by atoms with Crippen LogP contribution in [0.3, 0.4) is 0 Å². The van der Waals surface area contributed by atoms with E-state index in [1.165, 1.54) is 18.4 Å². The number of ether oxygens (including phenoxy) is 1. The number of methoxy groups -OCH3 is 1. The van der Waals surface area contributed by atoms with Gasteiger partial charge in [-0.15, -0.1) is 0 Å². The van der Waals surface area contributed by atoms with E-state index in [0.717, 1.165) is 6.42 Å². The standard InChI is InChI=1S/C22H38O/c1-17(19-12-10-9-11-13-19)14-20(23-8)18(2)15-22(6,7)16-21(3,4)5/h9-13,17-18,20H,14-16H2,1-8H3. The summed E-state index contributed by atoms with van der Waals surface area (Å²) in [4.78, 5) is 0. The Morgan fingerprint density at radius 1 is 0.957 bits per heavy atom. The maximum absolute atomic E-state index is 5.88. The van der Waals surface area contributed by atoms with Crippen LogP contribution in [0.1, 0.15) is 79.2 Å². The fraction of sp³-hybridized carbons (Fsp3) is 0.727. The largest absolute Gasteiger partial charge is 0.381 e. The summed E-state index contributed by atoms with van der Waals surface area (Å²) in [7, 11) is 1.87. The van der Waals surface area contributed by atoms with Gasteiger partial charge >= 0.3 is 0 Å². The van der Waals surface area contributed by atoms with Crippen molar-refractivity contribution in [2.75, 3.05) is 7.11 Å². The molecular formula is C22H38O. The van der Waals surface area contributed by atoms with E-state index in [0.29, 0.717) is 28.8 Å². The van der Waals surface area contributed by atoms with Crippen molar-refractivity contribution in [3.8, 4) is 0 Å². The average molecular weight is 319 g/mol. The van der Waals surface area contributed by atoms with Gasteiger partial charge in [0.05, 0.1) is 6.10 Å². The predicted molar refractivity (Wildman–Crippen MR) is 102 cm³/mol. The first-order valence-corrected chi connectivity index (χ1v) is 9.12. The molecule has 0 heterocycles. The topological polar surface area (TPSA) is 9.23 Å². The van der Waals surface area contributed by atoms with Gasteiger partial charge in [0.2, 0.25) is 0 Å². The third-order valence-corrected chi connectivity index (χ3v) is 4.78. The Morgan fingerprint density at radius 3 is 2.00 bits per heavy atom. The van der Waals surface area contributed by atoms with Crippen LogP contribution < -0.4 is 0 Å². The fourth-order valence-electron chi connectivity index (χ4n) is 4.34. The highest BCUT2D eigenvalue weighted by atomic mass is 16.5. The SMILES string of the molecule is COC(CC(C)c1ccccc1)C(C)CC(C)(C)CC(C)(C)C. The fourth-order valence-corrected chi connectivity index (χ4v) is 4.34. The van der Waals surface area contributed by atoms with Crippen molar-refractivity contribution in [2.24, 2.45) is 16.7 Å². The highest BCUT2D eigenvalue weighted by molar-refractivity contribution is 5.18. The van der Waals surface area contributed by atoms with Crippen molar-refractivity contribution in [1.29, 1.82) is 0 Å². The zero-order valence-corrected chi connectivity index (χ0v) is 16.6. The van der Waals surface area contributed by atoms with E-state index in [1.807, 2.05) is 7.11 Å². The summed E-state index contributed by atoms with van der Waals surface area (Å²) < 4.78 is 5.88. The van der Waals surface area contributed by atoms with Crippen molar-refractivity contribution in [2.45, 2.75) is 79.8 Å². The van der Waals surface area contributed by atoms with Crippen molar-refractivity contribution in [3.63, 3.8) is 0 Å². The summed E-state index contributed by atoms with van der Waals surface area (Å²) in [5, 5.41) is 0. The van der Waals surface area contributed by atoms with Crippen LogP contribution in [0.4, 0.5) is 0 Å². The molecule has 1 heteroatoms. The van der Waals surface area contributed by atoms with Gasteiger partial charge in [-0.2, -0.15) is 0 Å². The van der Waals surface area contributed by atoms with E-state index in [-0.39, 0.29) is 0 Å². The second-order valence-corrected chi connectivity index (χ2v) is 9.40. The van der Waals surface area contributed by atoms with Gasteiger partial charge in [-0.25, -0.2) is 0 Å². The molecule has 0 saturated heterocycles. The van der Waals surface area contributed by atoms with E-state index in [2.05, 4.69) is 78.8 Å². The second kappa shape index (κ2) is 8.33. The molecule has 3 unspecified atom stereocenters. The summed E-state index contributed by atoms with van der Waals surface area (Å²) in [5.74, 6) is 1.11. The van der Waals surface area contributed by atoms with Crippen LogP contribution in [-0.2, 0) is 4.74 Å². The molecule has 0 N–H and O–H groups in total. The molecule has 0 aliphatic rings. The molecule has 0 amide bonds. The van der Waals surface area contributed by atoms with Crippen molar-refractivity contribution in [3.05, 3.63) is 35.9 Å². The molecule has 0 aliphatic heterocycles. The quantitative estimate of drug-likeness (QED) is 0.519. The third-order valence-electron chi connectivity index (χ3n) is 4.78. The molecule has 0 saturated carbocycles. The molecule has 0 radical (unpaired) electrons. The smallest absolute Gasteiger partial charge is 0.0602 e. The Labute approximate surface area is 144 Å². The maximum atomic E-state index is 5.88. The zero-order chi connectivity index (χ0) is 17.7. The van der Waals surface area contributed by atoms with E-state index in [1.54, 1.807) is 0 Å². The minimum atomic E-state index is 0.324. The van der Waals surface area contributed by atoms with Gasteiger partial charge in [0.15, 0.2) is 0 Å². The first-order valence-electron chi connectivity index (χ1n) is 9.12. The predicted octanol–water partition coefficient (Wildman–Crippen LogP) is 6.68. The molecule has 1 aromatic carbocycles. The van der Waals surface area contributed by atoms with Crippen molar-refractivity contribution < 1.29 is 4.74 Å². The summed E-state index contributed by atoms with van der Waals surface area (Å²) in [5.41, 5.74) is 2.14. The maximum Gasteiger partial charge on any atom is 0.0602 e. The highest BCUT2D eigenvalue weighted by Crippen LogP contribution is 2.39. The van der Waals surface area contributed by atoms with Gasteiger partial charge < -0.3 is 4.74 Å². The second-order valence-electron chi connectivity index (χ2n) is 9.40. The van der Waals surface area contributed by atoms with Crippen molar-refractivity contribution >= 4 is 0 Å². The molecule has 3 atom stereocenters. The zero-order valence-electron chi connectivity index (χ0n) is 16.6. The van der Waals surface area contributed by atoms with E-state index >= 15 is 0 Å². The molecule has 1 aromatic rings. The van der Waals surface area contributed by atoms with E-state index in [9.17, 15) is 0 Å². The number of hydrogen-bond donors (Lipinski definition) is 0. The lowest BCUT2D eigenvalue weighted by Gasteiger charge is -2.37. The lowest BCUT2D eigenvalue weighted by molar-refractivity contribution is 0.0242. The summed E-state index contributed by atoms with van der Waals surface area (Å²) >= 11 is 0. The van der Waals surface area contributed by atoms with E-state index < -0.39 is 0 Å². The van der Waals surface area contributed by atoms with Crippen LogP contribution in [-0.4, -0.2) is 13.2 Å². The van der Waals surface area contributed by atoms with Crippen LogP contribution >= 0.6 is 0 Å². The molecule has 23 heavy (non-hydrogen) atoms. The lowest BCUT2D eigenvalue weighted by atomic mass is 9.71. The van der Waals surface area contributed by atoms with Gasteiger partial charge in [0.25, 0.3) is 0 Å². The Bertz CT molecular complexity index is 441. The molecule has 132 valence electrons. The normalized spacial score (nSPS) is 16.9. The van der Waals surface area contributed by atoms with Gasteiger partial charge in [0, 0.05) is 7.11 Å². The first kappa shape index (κ1) is 20.2. The van der Waals surface area contributed by atoms with Gasteiger partial charge in [-0.1, -0.05) is 78.8 Å². The minimum Gasteiger partial charge on any atom is -0.381 e. The Hall–Kier alpha value is -0.820. The van der Waals surface area contributed by atoms with Crippen LogP contribution in [0.2, 0.25) is 0 Å². The van der Waals surface area contributed by atoms with Crippen LogP contribution in [0.15, 0.2) is 30.3 Å². The van der Waals surface area contributed by atoms with E-state index in [4.69, 9.17) is 4.74 Å². The van der Waals surface area contributed by atoms with Crippen LogP contribution in [0.5, 0.6) is 0 Å². The number of hydrogen-bond acceptors (Lipinski definition) is 1. The third kappa shape index (κ3) is 7.52. The monoisotopic (exact) mass is 318 g/mol. The van der Waals surface area contributed by atoms with Gasteiger partial charge in [-0.05, 0) is 47.5 Å². The molecule has 0 bridgehead atoms. The van der Waals surface area contributed by atoms with Crippen molar-refractivity contribution in [1.82, 2.24) is 0 Å². The van der Waals surface area contributed by atoms with Gasteiger partial charge in [-0.3, -0.25) is 0 Å². The molecule has 1 nitrogen and oxygen atoms in total. The molecule has 0 aromatic heterocycles. The highest BCUT2D eigenvalue weighted by Gasteiger charge is 2.30. The van der Waals surface area contributed by atoms with Crippen LogP contribution in [0.25, 0.3) is 0 Å². The van der Waals surface area contributed by atoms with Crippen LogP contribution in [0, 0.1) is 16.7 Å². The average Bonchev–Trinajstić information content (AvgIpc) is 2.42. The molecular weight excluding hydrogens is 280 g/mol. The number of benzene rings is 1. The summed E-state index contributed by atoms with van der Waals surface area (Å²) in [6, 6.07) is 10.8.